The molecule has 0 radical (unpaired) electrons. The van der Waals surface area contributed by atoms with Gasteiger partial charge in [0.05, 0.1) is 21.5 Å². The molecule has 1 aromatic heterocycles. The molecule has 3 aromatic rings. The highest BCUT2D eigenvalue weighted by Crippen LogP contribution is 2.36. The lowest BCUT2D eigenvalue weighted by molar-refractivity contribution is -0.115. The Labute approximate surface area is 198 Å². The van der Waals surface area contributed by atoms with Crippen molar-refractivity contribution in [3.05, 3.63) is 88.1 Å². The molecule has 1 heterocycles. The number of anilines is 1. The summed E-state index contributed by atoms with van der Waals surface area (Å²) in [6, 6.07) is 21.9. The summed E-state index contributed by atoms with van der Waals surface area (Å²) in [6.45, 7) is 1.96. The van der Waals surface area contributed by atoms with E-state index in [0.717, 1.165) is 30.5 Å². The minimum Gasteiger partial charge on any atom is -0.324 e. The molecule has 0 saturated carbocycles. The fraction of sp³-hybridized carbons (Fsp3) is 0.269. The highest BCUT2D eigenvalue weighted by Gasteiger charge is 2.26. The summed E-state index contributed by atoms with van der Waals surface area (Å²) in [6.07, 6.45) is 3.40. The number of rotatable bonds is 6. The maximum atomic E-state index is 12.9. The molecule has 0 bridgehead atoms. The molecule has 4 rings (SSSR count). The van der Waals surface area contributed by atoms with Gasteiger partial charge in [0.1, 0.15) is 11.1 Å². The van der Waals surface area contributed by atoms with Gasteiger partial charge >= 0.3 is 0 Å². The van der Waals surface area contributed by atoms with E-state index in [-0.39, 0.29) is 11.2 Å². The standard InChI is InChI=1S/C26H24ClN3OS/c1-2-24(25(31)29-23-11-7-6-10-21(23)27)32-26-20(16-28)15-19-14-18(12-13-22(19)30-26)17-8-4-3-5-9-17/h3-11,15,18,24H,2,12-14H2,1H3,(H,29,31). The lowest BCUT2D eigenvalue weighted by Gasteiger charge is -2.25. The number of halogens is 1. The Morgan fingerprint density at radius 1 is 1.25 bits per heavy atom. The third-order valence-corrected chi connectivity index (χ3v) is 7.49. The second kappa shape index (κ2) is 10.2. The molecule has 2 atom stereocenters. The molecule has 0 saturated heterocycles. The topological polar surface area (TPSA) is 65.8 Å². The molecular formula is C26H24ClN3OS. The number of carbonyl (C=O) groups excluding carboxylic acids is 1. The van der Waals surface area contributed by atoms with Crippen LogP contribution in [0, 0.1) is 11.3 Å². The molecule has 1 N–H and O–H groups in total. The number of carbonyl (C=O) groups is 1. The van der Waals surface area contributed by atoms with E-state index in [2.05, 4.69) is 35.7 Å². The van der Waals surface area contributed by atoms with E-state index < -0.39 is 0 Å². The van der Waals surface area contributed by atoms with Crippen molar-refractivity contribution in [3.8, 4) is 6.07 Å². The summed E-state index contributed by atoms with van der Waals surface area (Å²) in [7, 11) is 0. The van der Waals surface area contributed by atoms with Crippen LogP contribution >= 0.6 is 23.4 Å². The molecule has 162 valence electrons. The van der Waals surface area contributed by atoms with Crippen LogP contribution in [-0.4, -0.2) is 16.1 Å². The number of aryl methyl sites for hydroxylation is 1. The summed E-state index contributed by atoms with van der Waals surface area (Å²) in [5.41, 5.74) is 4.63. The van der Waals surface area contributed by atoms with Crippen molar-refractivity contribution in [2.75, 3.05) is 5.32 Å². The molecular weight excluding hydrogens is 438 g/mol. The molecule has 1 aliphatic carbocycles. The van der Waals surface area contributed by atoms with Gasteiger partial charge in [0, 0.05) is 5.69 Å². The van der Waals surface area contributed by atoms with Crippen LogP contribution in [0.25, 0.3) is 0 Å². The lowest BCUT2D eigenvalue weighted by atomic mass is 9.82. The first-order valence-corrected chi connectivity index (χ1v) is 12.0. The van der Waals surface area contributed by atoms with Gasteiger partial charge < -0.3 is 5.32 Å². The van der Waals surface area contributed by atoms with Gasteiger partial charge in [0.15, 0.2) is 0 Å². The van der Waals surface area contributed by atoms with E-state index in [0.29, 0.717) is 33.6 Å². The normalized spacial score (nSPS) is 16.0. The molecule has 0 fully saturated rings. The van der Waals surface area contributed by atoms with Crippen molar-refractivity contribution in [2.24, 2.45) is 0 Å². The number of aromatic nitrogens is 1. The van der Waals surface area contributed by atoms with Crippen LogP contribution in [-0.2, 0) is 17.6 Å². The number of nitriles is 1. The number of fused-ring (bicyclic) bond motifs is 1. The minimum absolute atomic E-state index is 0.141. The summed E-state index contributed by atoms with van der Waals surface area (Å²) in [5.74, 6) is 0.304. The molecule has 1 amide bonds. The highest BCUT2D eigenvalue weighted by molar-refractivity contribution is 8.00. The van der Waals surface area contributed by atoms with Crippen molar-refractivity contribution in [2.45, 2.75) is 48.8 Å². The number of thioether (sulfide) groups is 1. The molecule has 0 spiro atoms. The van der Waals surface area contributed by atoms with Crippen LogP contribution < -0.4 is 5.32 Å². The van der Waals surface area contributed by atoms with Crippen LogP contribution in [0.4, 0.5) is 5.69 Å². The van der Waals surface area contributed by atoms with Crippen LogP contribution in [0.15, 0.2) is 65.7 Å². The smallest absolute Gasteiger partial charge is 0.237 e. The van der Waals surface area contributed by atoms with Gasteiger partial charge in [0.2, 0.25) is 5.91 Å². The zero-order valence-electron chi connectivity index (χ0n) is 17.8. The van der Waals surface area contributed by atoms with Crippen molar-refractivity contribution in [1.29, 1.82) is 5.26 Å². The number of amides is 1. The summed E-state index contributed by atoms with van der Waals surface area (Å²) < 4.78 is 0. The Balaban J connectivity index is 1.53. The predicted molar refractivity (Wildman–Crippen MR) is 130 cm³/mol. The Bertz CT molecular complexity index is 1160. The van der Waals surface area contributed by atoms with Crippen LogP contribution in [0.3, 0.4) is 0 Å². The molecule has 0 aliphatic heterocycles. The van der Waals surface area contributed by atoms with Gasteiger partial charge in [-0.1, -0.05) is 72.8 Å². The number of pyridine rings is 1. The molecule has 2 unspecified atom stereocenters. The van der Waals surface area contributed by atoms with Gasteiger partial charge in [-0.25, -0.2) is 4.98 Å². The quantitative estimate of drug-likeness (QED) is 0.432. The molecule has 4 nitrogen and oxygen atoms in total. The van der Waals surface area contributed by atoms with Crippen LogP contribution in [0.1, 0.15) is 48.1 Å². The van der Waals surface area contributed by atoms with E-state index in [1.165, 1.54) is 17.3 Å². The maximum Gasteiger partial charge on any atom is 0.237 e. The van der Waals surface area contributed by atoms with E-state index in [4.69, 9.17) is 16.6 Å². The Kier molecular flexibility index (Phi) is 7.14. The first-order valence-electron chi connectivity index (χ1n) is 10.8. The van der Waals surface area contributed by atoms with Crippen LogP contribution in [0.2, 0.25) is 5.02 Å². The van der Waals surface area contributed by atoms with Gasteiger partial charge in [-0.05, 0) is 60.9 Å². The summed E-state index contributed by atoms with van der Waals surface area (Å²) in [4.78, 5) is 17.7. The monoisotopic (exact) mass is 461 g/mol. The molecule has 1 aliphatic rings. The average Bonchev–Trinajstić information content (AvgIpc) is 2.83. The average molecular weight is 462 g/mol. The van der Waals surface area contributed by atoms with Gasteiger partial charge in [0.25, 0.3) is 0 Å². The minimum atomic E-state index is -0.371. The molecule has 32 heavy (non-hydrogen) atoms. The van der Waals surface area contributed by atoms with E-state index in [1.54, 1.807) is 12.1 Å². The van der Waals surface area contributed by atoms with Gasteiger partial charge in [-0.2, -0.15) is 5.26 Å². The SMILES string of the molecule is CCC(Sc1nc2c(cc1C#N)CC(c1ccccc1)CC2)C(=O)Nc1ccccc1Cl. The number of nitrogens with one attached hydrogen (secondary N) is 1. The zero-order chi connectivity index (χ0) is 22.5. The first kappa shape index (κ1) is 22.4. The first-order chi connectivity index (χ1) is 15.6. The highest BCUT2D eigenvalue weighted by atomic mass is 35.5. The lowest BCUT2D eigenvalue weighted by Crippen LogP contribution is -2.25. The maximum absolute atomic E-state index is 12.9. The number of para-hydroxylation sites is 1. The predicted octanol–water partition coefficient (Wildman–Crippen LogP) is 6.39. The van der Waals surface area contributed by atoms with E-state index in [9.17, 15) is 10.1 Å². The Hall–Kier alpha value is -2.81. The Morgan fingerprint density at radius 2 is 2.00 bits per heavy atom. The largest absolute Gasteiger partial charge is 0.324 e. The van der Waals surface area contributed by atoms with Gasteiger partial charge in [-0.15, -0.1) is 0 Å². The molecule has 2 aromatic carbocycles. The van der Waals surface area contributed by atoms with Crippen molar-refractivity contribution < 1.29 is 4.79 Å². The van der Waals surface area contributed by atoms with Gasteiger partial charge in [-0.3, -0.25) is 4.79 Å². The second-order valence-corrected chi connectivity index (χ2v) is 9.49. The fourth-order valence-corrected chi connectivity index (χ4v) is 5.24. The Morgan fingerprint density at radius 3 is 2.72 bits per heavy atom. The van der Waals surface area contributed by atoms with E-state index >= 15 is 0 Å². The number of hydrogen-bond donors (Lipinski definition) is 1. The third kappa shape index (κ3) is 4.98. The van der Waals surface area contributed by atoms with Crippen LogP contribution in [0.5, 0.6) is 0 Å². The summed E-state index contributed by atoms with van der Waals surface area (Å²) in [5, 5.41) is 13.4. The van der Waals surface area contributed by atoms with Crippen molar-refractivity contribution in [1.82, 2.24) is 4.98 Å². The summed E-state index contributed by atoms with van der Waals surface area (Å²) >= 11 is 7.54. The van der Waals surface area contributed by atoms with Crippen molar-refractivity contribution >= 4 is 35.0 Å². The third-order valence-electron chi connectivity index (χ3n) is 5.79. The molecule has 6 heteroatoms. The van der Waals surface area contributed by atoms with E-state index in [1.807, 2.05) is 31.2 Å². The number of benzene rings is 2. The second-order valence-electron chi connectivity index (χ2n) is 7.89. The number of hydrogen-bond acceptors (Lipinski definition) is 4. The fourth-order valence-electron chi connectivity index (χ4n) is 4.06. The zero-order valence-corrected chi connectivity index (χ0v) is 19.4. The van der Waals surface area contributed by atoms with Crippen molar-refractivity contribution in [3.63, 3.8) is 0 Å². The number of nitrogens with zero attached hydrogens (tertiary/aromatic N) is 2.